The van der Waals surface area contributed by atoms with Crippen molar-refractivity contribution in [1.82, 2.24) is 15.0 Å². The zero-order valence-corrected chi connectivity index (χ0v) is 12.8. The molecule has 1 aromatic heterocycles. The molecule has 0 spiro atoms. The van der Waals surface area contributed by atoms with E-state index in [1.54, 1.807) is 18.2 Å². The summed E-state index contributed by atoms with van der Waals surface area (Å²) in [7, 11) is -4.37. The number of benzene rings is 2. The van der Waals surface area contributed by atoms with Gasteiger partial charge in [-0.25, -0.2) is 0 Å². The average molecular weight is 327 g/mol. The van der Waals surface area contributed by atoms with Crippen molar-refractivity contribution >= 4 is 22.3 Å². The van der Waals surface area contributed by atoms with Gasteiger partial charge in [-0.2, -0.15) is 23.4 Å². The fraction of sp³-hybridized carbons (Fsp3) is 0. The molecule has 1 heterocycles. The second-order valence-electron chi connectivity index (χ2n) is 4.73. The van der Waals surface area contributed by atoms with Crippen molar-refractivity contribution < 1.29 is 13.0 Å². The van der Waals surface area contributed by atoms with E-state index in [0.29, 0.717) is 11.3 Å². The Kier molecular flexibility index (Phi) is 4.05. The van der Waals surface area contributed by atoms with Crippen LogP contribution in [0, 0.1) is 0 Å². The minimum atomic E-state index is -4.37. The van der Waals surface area contributed by atoms with Crippen LogP contribution in [0.15, 0.2) is 65.8 Å². The van der Waals surface area contributed by atoms with Crippen molar-refractivity contribution in [3.05, 3.63) is 72.1 Å². The predicted octanol–water partition coefficient (Wildman–Crippen LogP) is 2.68. The van der Waals surface area contributed by atoms with Gasteiger partial charge in [-0.3, -0.25) is 4.55 Å². The molecule has 0 aliphatic rings. The first kappa shape index (κ1) is 15.1. The number of nitrogens with zero attached hydrogens (tertiary/aromatic N) is 3. The first-order chi connectivity index (χ1) is 11.1. The van der Waals surface area contributed by atoms with Crippen molar-refractivity contribution in [3.63, 3.8) is 0 Å². The second-order valence-corrected chi connectivity index (χ2v) is 6.12. The summed E-state index contributed by atoms with van der Waals surface area (Å²) in [5.41, 5.74) is 1.67. The van der Waals surface area contributed by atoms with E-state index < -0.39 is 10.1 Å². The Bertz CT molecular complexity index is 934. The number of aromatic nitrogens is 3. The van der Waals surface area contributed by atoms with Gasteiger partial charge in [0.15, 0.2) is 0 Å². The van der Waals surface area contributed by atoms with Crippen molar-refractivity contribution in [2.45, 2.75) is 4.90 Å². The third kappa shape index (κ3) is 3.36. The van der Waals surface area contributed by atoms with Crippen LogP contribution in [0.1, 0.15) is 11.1 Å². The number of hydrogen-bond donors (Lipinski definition) is 1. The van der Waals surface area contributed by atoms with Crippen LogP contribution in [0.3, 0.4) is 0 Å². The highest BCUT2D eigenvalue weighted by atomic mass is 32.2. The molecule has 0 atom stereocenters. The Morgan fingerprint density at radius 3 is 2.26 bits per heavy atom. The second kappa shape index (κ2) is 6.15. The zero-order chi connectivity index (χ0) is 16.3. The Morgan fingerprint density at radius 2 is 1.61 bits per heavy atom. The molecule has 0 aliphatic carbocycles. The molecule has 0 saturated heterocycles. The molecule has 0 bridgehead atoms. The SMILES string of the molecule is O=S(=O)(O)c1cccc(-n2nccn2)c1/C=C/c1ccccc1. The molecule has 3 rings (SSSR count). The molecule has 0 aliphatic heterocycles. The number of hydrogen-bond acceptors (Lipinski definition) is 4. The molecular formula is C16H13N3O3S. The highest BCUT2D eigenvalue weighted by Gasteiger charge is 2.18. The Balaban J connectivity index is 2.18. The van der Waals surface area contributed by atoms with Gasteiger partial charge in [-0.1, -0.05) is 48.6 Å². The average Bonchev–Trinajstić information content (AvgIpc) is 3.07. The van der Waals surface area contributed by atoms with Crippen LogP contribution in [-0.4, -0.2) is 28.0 Å². The topological polar surface area (TPSA) is 85.1 Å². The molecule has 6 nitrogen and oxygen atoms in total. The molecule has 0 fully saturated rings. The maximum atomic E-state index is 11.7. The summed E-state index contributed by atoms with van der Waals surface area (Å²) in [5.74, 6) is 0. The summed E-state index contributed by atoms with van der Waals surface area (Å²) in [6, 6.07) is 14.0. The molecule has 0 radical (unpaired) electrons. The van der Waals surface area contributed by atoms with E-state index in [1.165, 1.54) is 29.3 Å². The van der Waals surface area contributed by atoms with Crippen molar-refractivity contribution in [2.24, 2.45) is 0 Å². The summed E-state index contributed by atoms with van der Waals surface area (Å²) in [5, 5.41) is 8.04. The highest BCUT2D eigenvalue weighted by Crippen LogP contribution is 2.24. The molecule has 0 saturated carbocycles. The fourth-order valence-corrected chi connectivity index (χ4v) is 2.88. The van der Waals surface area contributed by atoms with Crippen molar-refractivity contribution in [2.75, 3.05) is 0 Å². The predicted molar refractivity (Wildman–Crippen MR) is 86.5 cm³/mol. The zero-order valence-electron chi connectivity index (χ0n) is 11.9. The number of rotatable bonds is 4. The van der Waals surface area contributed by atoms with Gasteiger partial charge in [0, 0.05) is 5.56 Å². The first-order valence-electron chi connectivity index (χ1n) is 6.76. The Labute approximate surface area is 133 Å². The summed E-state index contributed by atoms with van der Waals surface area (Å²) < 4.78 is 32.8. The summed E-state index contributed by atoms with van der Waals surface area (Å²) in [4.78, 5) is 1.11. The van der Waals surface area contributed by atoms with Crippen molar-refractivity contribution in [3.8, 4) is 5.69 Å². The van der Waals surface area contributed by atoms with Gasteiger partial charge < -0.3 is 0 Å². The van der Waals surface area contributed by atoms with E-state index in [1.807, 2.05) is 30.3 Å². The molecular weight excluding hydrogens is 314 g/mol. The molecule has 2 aromatic carbocycles. The van der Waals surface area contributed by atoms with Crippen molar-refractivity contribution in [1.29, 1.82) is 0 Å². The van der Waals surface area contributed by atoms with Crippen LogP contribution in [-0.2, 0) is 10.1 Å². The maximum Gasteiger partial charge on any atom is 0.295 e. The Morgan fingerprint density at radius 1 is 0.913 bits per heavy atom. The molecule has 7 heteroatoms. The van der Waals surface area contributed by atoms with Crippen LogP contribution in [0.2, 0.25) is 0 Å². The summed E-state index contributed by atoms with van der Waals surface area (Å²) in [6.07, 6.45) is 6.36. The van der Waals surface area contributed by atoms with E-state index in [4.69, 9.17) is 0 Å². The lowest BCUT2D eigenvalue weighted by atomic mass is 10.1. The van der Waals surface area contributed by atoms with Crippen LogP contribution < -0.4 is 0 Å². The highest BCUT2D eigenvalue weighted by molar-refractivity contribution is 7.86. The molecule has 23 heavy (non-hydrogen) atoms. The van der Waals surface area contributed by atoms with Crippen LogP contribution in [0.5, 0.6) is 0 Å². The van der Waals surface area contributed by atoms with Gasteiger partial charge in [0.2, 0.25) is 0 Å². The quantitative estimate of drug-likeness (QED) is 0.588. The van der Waals surface area contributed by atoms with Crippen LogP contribution >= 0.6 is 0 Å². The lowest BCUT2D eigenvalue weighted by Crippen LogP contribution is -2.07. The summed E-state index contributed by atoms with van der Waals surface area (Å²) >= 11 is 0. The normalized spacial score (nSPS) is 11.9. The minimum absolute atomic E-state index is 0.195. The first-order valence-corrected chi connectivity index (χ1v) is 8.20. The van der Waals surface area contributed by atoms with Gasteiger partial charge in [-0.15, -0.1) is 0 Å². The third-order valence-corrected chi connectivity index (χ3v) is 4.11. The molecule has 0 amide bonds. The largest absolute Gasteiger partial charge is 0.295 e. The third-order valence-electron chi connectivity index (χ3n) is 3.20. The van der Waals surface area contributed by atoms with Crippen LogP contribution in [0.25, 0.3) is 17.8 Å². The maximum absolute atomic E-state index is 11.7. The summed E-state index contributed by atoms with van der Waals surface area (Å²) in [6.45, 7) is 0. The lowest BCUT2D eigenvalue weighted by Gasteiger charge is -2.09. The molecule has 116 valence electrons. The molecule has 1 N–H and O–H groups in total. The molecule has 0 unspecified atom stereocenters. The fourth-order valence-electron chi connectivity index (χ4n) is 2.18. The van der Waals surface area contributed by atoms with E-state index in [0.717, 1.165) is 5.56 Å². The van der Waals surface area contributed by atoms with Gasteiger partial charge in [0.1, 0.15) is 4.90 Å². The van der Waals surface area contributed by atoms with E-state index in [9.17, 15) is 13.0 Å². The lowest BCUT2D eigenvalue weighted by molar-refractivity contribution is 0.483. The standard InChI is InChI=1S/C16H13N3O3S/c20-23(21,22)16-8-4-7-15(19-17-11-12-18-19)14(16)10-9-13-5-2-1-3-6-13/h1-12H,(H,20,21,22)/b10-9+. The van der Waals surface area contributed by atoms with Crippen LogP contribution in [0.4, 0.5) is 0 Å². The monoisotopic (exact) mass is 327 g/mol. The van der Waals surface area contributed by atoms with E-state index in [-0.39, 0.29) is 4.90 Å². The van der Waals surface area contributed by atoms with Gasteiger partial charge in [-0.05, 0) is 17.7 Å². The minimum Gasteiger partial charge on any atom is -0.282 e. The van der Waals surface area contributed by atoms with Gasteiger partial charge in [0.05, 0.1) is 18.1 Å². The van der Waals surface area contributed by atoms with E-state index >= 15 is 0 Å². The van der Waals surface area contributed by atoms with Gasteiger partial charge in [0.25, 0.3) is 10.1 Å². The van der Waals surface area contributed by atoms with E-state index in [2.05, 4.69) is 10.2 Å². The van der Waals surface area contributed by atoms with Gasteiger partial charge >= 0.3 is 0 Å². The Hall–Kier alpha value is -2.77. The smallest absolute Gasteiger partial charge is 0.282 e. The molecule has 3 aromatic rings.